The minimum Gasteiger partial charge on any atom is -0.383 e. The number of benzene rings is 1. The number of aromatic nitrogens is 2. The van der Waals surface area contributed by atoms with Gasteiger partial charge >= 0.3 is 0 Å². The third-order valence-corrected chi connectivity index (χ3v) is 5.99. The van der Waals surface area contributed by atoms with Gasteiger partial charge in [0.05, 0.1) is 24.9 Å². The number of carbonyl (C=O) groups excluding carboxylic acids is 1. The molecule has 3 aromatic rings. The number of hydrogen-bond acceptors (Lipinski definition) is 6. The minimum absolute atomic E-state index is 0.0643. The molecule has 1 amide bonds. The number of hydrogen-bond donors (Lipinski definition) is 0. The molecular weight excluding hydrogens is 390 g/mol. The fourth-order valence-electron chi connectivity index (χ4n) is 3.15. The van der Waals surface area contributed by atoms with Gasteiger partial charge in [-0.1, -0.05) is 30.3 Å². The van der Waals surface area contributed by atoms with Crippen molar-refractivity contribution in [2.75, 3.05) is 40.5 Å². The minimum atomic E-state index is -0.197. The summed E-state index contributed by atoms with van der Waals surface area (Å²) in [5, 5.41) is 0.574. The summed E-state index contributed by atoms with van der Waals surface area (Å²) in [4.78, 5) is 33.6. The van der Waals surface area contributed by atoms with E-state index < -0.39 is 0 Å². The van der Waals surface area contributed by atoms with Crippen LogP contribution >= 0.6 is 11.3 Å². The van der Waals surface area contributed by atoms with Crippen LogP contribution in [0.2, 0.25) is 0 Å². The average Bonchev–Trinajstić information content (AvgIpc) is 3.08. The number of rotatable bonds is 9. The van der Waals surface area contributed by atoms with Gasteiger partial charge in [-0.3, -0.25) is 14.2 Å². The largest absolute Gasteiger partial charge is 0.383 e. The summed E-state index contributed by atoms with van der Waals surface area (Å²) in [5.74, 6) is -0.168. The van der Waals surface area contributed by atoms with E-state index in [9.17, 15) is 9.59 Å². The van der Waals surface area contributed by atoms with Crippen molar-refractivity contribution < 1.29 is 14.3 Å². The molecule has 0 saturated carbocycles. The maximum Gasteiger partial charge on any atom is 0.262 e. The van der Waals surface area contributed by atoms with Crippen LogP contribution in [0.15, 0.2) is 41.5 Å². The second kappa shape index (κ2) is 9.78. The van der Waals surface area contributed by atoms with Crippen LogP contribution in [0.3, 0.4) is 0 Å². The molecule has 0 radical (unpaired) electrons. The van der Waals surface area contributed by atoms with E-state index in [1.165, 1.54) is 22.2 Å². The zero-order chi connectivity index (χ0) is 20.8. The summed E-state index contributed by atoms with van der Waals surface area (Å²) < 4.78 is 11.5. The maximum absolute atomic E-state index is 13.1. The van der Waals surface area contributed by atoms with Crippen LogP contribution < -0.4 is 5.56 Å². The fourth-order valence-corrected chi connectivity index (χ4v) is 4.29. The third-order valence-electron chi connectivity index (χ3n) is 4.74. The maximum atomic E-state index is 13.1. The SMILES string of the molecule is COCCN(CCOC)C(=O)Cn1cnc2sc(-c3ccccc3)c(C)c2c1=O. The van der Waals surface area contributed by atoms with E-state index in [2.05, 4.69) is 4.98 Å². The topological polar surface area (TPSA) is 73.7 Å². The zero-order valence-electron chi connectivity index (χ0n) is 16.9. The Morgan fingerprint density at radius 1 is 1.14 bits per heavy atom. The van der Waals surface area contributed by atoms with Crippen LogP contribution in [0, 0.1) is 6.92 Å². The third kappa shape index (κ3) is 4.72. The van der Waals surface area contributed by atoms with Crippen molar-refractivity contribution in [3.8, 4) is 10.4 Å². The van der Waals surface area contributed by atoms with Crippen LogP contribution in [0.4, 0.5) is 0 Å². The first-order chi connectivity index (χ1) is 14.1. The van der Waals surface area contributed by atoms with Crippen LogP contribution in [-0.2, 0) is 20.8 Å². The molecule has 0 saturated heterocycles. The lowest BCUT2D eigenvalue weighted by Crippen LogP contribution is -2.40. The molecular formula is C21H25N3O4S. The van der Waals surface area contributed by atoms with Gasteiger partial charge in [0.1, 0.15) is 11.4 Å². The zero-order valence-corrected chi connectivity index (χ0v) is 17.7. The number of aryl methyl sites for hydroxylation is 1. The lowest BCUT2D eigenvalue weighted by molar-refractivity contribution is -0.133. The van der Waals surface area contributed by atoms with Gasteiger partial charge in [-0.05, 0) is 18.1 Å². The Kier molecular flexibility index (Phi) is 7.13. The Bertz CT molecular complexity index is 1020. The van der Waals surface area contributed by atoms with Gasteiger partial charge < -0.3 is 14.4 Å². The standard InChI is InChI=1S/C21H25N3O4S/c1-15-18-20(29-19(15)16-7-5-4-6-8-16)22-14-24(21(18)26)13-17(25)23(9-11-27-2)10-12-28-3/h4-8,14H,9-13H2,1-3H3. The number of amides is 1. The van der Waals surface area contributed by atoms with Crippen LogP contribution in [-0.4, -0.2) is 60.9 Å². The van der Waals surface area contributed by atoms with E-state index in [-0.39, 0.29) is 18.0 Å². The number of nitrogens with zero attached hydrogens (tertiary/aromatic N) is 3. The van der Waals surface area contributed by atoms with E-state index >= 15 is 0 Å². The Morgan fingerprint density at radius 2 is 1.79 bits per heavy atom. The molecule has 0 bridgehead atoms. The molecule has 0 unspecified atom stereocenters. The summed E-state index contributed by atoms with van der Waals surface area (Å²) >= 11 is 1.49. The Hall–Kier alpha value is -2.55. The highest BCUT2D eigenvalue weighted by Gasteiger charge is 2.19. The Balaban J connectivity index is 1.90. The Morgan fingerprint density at radius 3 is 2.41 bits per heavy atom. The predicted octanol–water partition coefficient (Wildman–Crippen LogP) is 2.55. The van der Waals surface area contributed by atoms with Gasteiger partial charge in [-0.2, -0.15) is 0 Å². The van der Waals surface area contributed by atoms with Crippen LogP contribution in [0.5, 0.6) is 0 Å². The number of methoxy groups -OCH3 is 2. The molecule has 3 rings (SSSR count). The summed E-state index contributed by atoms with van der Waals surface area (Å²) in [5.41, 5.74) is 1.75. The summed E-state index contributed by atoms with van der Waals surface area (Å²) in [6.07, 6.45) is 1.46. The number of ether oxygens (including phenoxy) is 2. The Labute approximate surface area is 173 Å². The van der Waals surface area contributed by atoms with Crippen molar-refractivity contribution in [1.82, 2.24) is 14.5 Å². The normalized spacial score (nSPS) is 11.1. The predicted molar refractivity (Wildman–Crippen MR) is 114 cm³/mol. The first-order valence-corrected chi connectivity index (χ1v) is 10.2. The van der Waals surface area contributed by atoms with E-state index in [0.717, 1.165) is 16.0 Å². The van der Waals surface area contributed by atoms with Gasteiger partial charge in [0.2, 0.25) is 5.91 Å². The number of fused-ring (bicyclic) bond motifs is 1. The fraction of sp³-hybridized carbons (Fsp3) is 0.381. The van der Waals surface area contributed by atoms with Gasteiger partial charge in [-0.15, -0.1) is 11.3 Å². The van der Waals surface area contributed by atoms with Crippen molar-refractivity contribution in [2.45, 2.75) is 13.5 Å². The van der Waals surface area contributed by atoms with Crippen LogP contribution in [0.1, 0.15) is 5.56 Å². The molecule has 0 fully saturated rings. The van der Waals surface area contributed by atoms with E-state index in [1.807, 2.05) is 37.3 Å². The molecule has 0 spiro atoms. The van der Waals surface area contributed by atoms with Gasteiger partial charge in [0.25, 0.3) is 5.56 Å². The molecule has 154 valence electrons. The summed E-state index contributed by atoms with van der Waals surface area (Å²) in [6.45, 7) is 3.60. The van der Waals surface area contributed by atoms with Crippen LogP contribution in [0.25, 0.3) is 20.7 Å². The van der Waals surface area contributed by atoms with E-state index in [4.69, 9.17) is 9.47 Å². The van der Waals surface area contributed by atoms with Crippen molar-refractivity contribution in [3.63, 3.8) is 0 Å². The second-order valence-corrected chi connectivity index (χ2v) is 7.65. The molecule has 0 atom stereocenters. The second-order valence-electron chi connectivity index (χ2n) is 6.65. The lowest BCUT2D eigenvalue weighted by Gasteiger charge is -2.22. The quantitative estimate of drug-likeness (QED) is 0.537. The highest BCUT2D eigenvalue weighted by molar-refractivity contribution is 7.22. The highest BCUT2D eigenvalue weighted by atomic mass is 32.1. The number of carbonyl (C=O) groups is 1. The van der Waals surface area contributed by atoms with Crippen molar-refractivity contribution in [3.05, 3.63) is 52.6 Å². The summed E-state index contributed by atoms with van der Waals surface area (Å²) in [6, 6.07) is 9.94. The molecule has 29 heavy (non-hydrogen) atoms. The van der Waals surface area contributed by atoms with E-state index in [1.54, 1.807) is 19.1 Å². The van der Waals surface area contributed by atoms with Crippen molar-refractivity contribution in [2.24, 2.45) is 0 Å². The highest BCUT2D eigenvalue weighted by Crippen LogP contribution is 2.35. The lowest BCUT2D eigenvalue weighted by atomic mass is 10.1. The molecule has 8 heteroatoms. The molecule has 0 N–H and O–H groups in total. The van der Waals surface area contributed by atoms with Crippen molar-refractivity contribution in [1.29, 1.82) is 0 Å². The number of thiophene rings is 1. The van der Waals surface area contributed by atoms with E-state index in [0.29, 0.717) is 36.5 Å². The molecule has 0 aliphatic heterocycles. The first-order valence-electron chi connectivity index (χ1n) is 9.36. The summed E-state index contributed by atoms with van der Waals surface area (Å²) in [7, 11) is 3.18. The van der Waals surface area contributed by atoms with Gasteiger partial charge in [0, 0.05) is 32.2 Å². The molecule has 2 heterocycles. The van der Waals surface area contributed by atoms with Crippen molar-refractivity contribution >= 4 is 27.5 Å². The molecule has 7 nitrogen and oxygen atoms in total. The molecule has 1 aromatic carbocycles. The average molecular weight is 416 g/mol. The molecule has 0 aliphatic rings. The smallest absolute Gasteiger partial charge is 0.262 e. The molecule has 2 aromatic heterocycles. The van der Waals surface area contributed by atoms with Gasteiger partial charge in [-0.25, -0.2) is 4.98 Å². The molecule has 0 aliphatic carbocycles. The first kappa shape index (κ1) is 21.2. The van der Waals surface area contributed by atoms with Gasteiger partial charge in [0.15, 0.2) is 0 Å². The monoisotopic (exact) mass is 415 g/mol.